The lowest BCUT2D eigenvalue weighted by Gasteiger charge is -2.09. The van der Waals surface area contributed by atoms with Crippen molar-refractivity contribution in [1.29, 1.82) is 0 Å². The third-order valence-corrected chi connectivity index (χ3v) is 7.04. The number of nitrogens with zero attached hydrogens (tertiary/aromatic N) is 6. The summed E-state index contributed by atoms with van der Waals surface area (Å²) in [5.41, 5.74) is 7.71. The van der Waals surface area contributed by atoms with E-state index in [0.29, 0.717) is 5.82 Å². The molecule has 8 heteroatoms. The van der Waals surface area contributed by atoms with Gasteiger partial charge in [0.05, 0.1) is 11.4 Å². The van der Waals surface area contributed by atoms with Gasteiger partial charge in [0.25, 0.3) is 0 Å². The van der Waals surface area contributed by atoms with E-state index in [1.807, 2.05) is 6.92 Å². The fourth-order valence-electron chi connectivity index (χ4n) is 4.31. The molecule has 0 fully saturated rings. The van der Waals surface area contributed by atoms with Gasteiger partial charge in [-0.2, -0.15) is 5.21 Å². The smallest absolute Gasteiger partial charge is 0.215 e. The predicted octanol–water partition coefficient (Wildman–Crippen LogP) is 5.52. The maximum atomic E-state index is 4.87. The molecule has 0 amide bonds. The number of pyridine rings is 1. The summed E-state index contributed by atoms with van der Waals surface area (Å²) in [5.74, 6) is 1.72. The third kappa shape index (κ3) is 4.06. The Morgan fingerprint density at radius 3 is 2.55 bits per heavy atom. The normalized spacial score (nSPS) is 11.5. The van der Waals surface area contributed by atoms with E-state index in [-0.39, 0.29) is 0 Å². The van der Waals surface area contributed by atoms with Crippen molar-refractivity contribution in [1.82, 2.24) is 35.2 Å². The van der Waals surface area contributed by atoms with Crippen molar-refractivity contribution >= 4 is 22.5 Å². The summed E-state index contributed by atoms with van der Waals surface area (Å²) in [6.07, 6.45) is 3.03. The molecule has 0 unspecified atom stereocenters. The monoisotopic (exact) mass is 457 g/mol. The summed E-state index contributed by atoms with van der Waals surface area (Å²) >= 11 is 1.75. The van der Waals surface area contributed by atoms with Crippen LogP contribution >= 0.6 is 11.3 Å². The largest absolute Gasteiger partial charge is 0.308 e. The number of tetrazole rings is 1. The molecule has 168 valence electrons. The van der Waals surface area contributed by atoms with Gasteiger partial charge >= 0.3 is 0 Å². The second-order valence-electron chi connectivity index (χ2n) is 8.36. The van der Waals surface area contributed by atoms with Crippen LogP contribution in [0.3, 0.4) is 0 Å². The molecule has 0 aliphatic carbocycles. The minimum absolute atomic E-state index is 0.649. The average molecular weight is 458 g/mol. The highest BCUT2D eigenvalue weighted by molar-refractivity contribution is 7.16. The molecular formula is C25H27N7S. The Morgan fingerprint density at radius 1 is 1.03 bits per heavy atom. The summed E-state index contributed by atoms with van der Waals surface area (Å²) in [6.45, 7) is 9.24. The molecular weight excluding hydrogens is 430 g/mol. The lowest BCUT2D eigenvalue weighted by atomic mass is 10.0. The van der Waals surface area contributed by atoms with Crippen LogP contribution in [0.4, 0.5) is 0 Å². The summed E-state index contributed by atoms with van der Waals surface area (Å²) in [6, 6.07) is 13.1. The number of nitrogens with one attached hydrogen (secondary N) is 1. The number of fused-ring (bicyclic) bond motifs is 1. The molecule has 0 aliphatic heterocycles. The van der Waals surface area contributed by atoms with Gasteiger partial charge in [-0.3, -0.25) is 0 Å². The van der Waals surface area contributed by atoms with Crippen molar-refractivity contribution < 1.29 is 0 Å². The van der Waals surface area contributed by atoms with Gasteiger partial charge in [-0.15, -0.1) is 21.5 Å². The molecule has 0 saturated carbocycles. The lowest BCUT2D eigenvalue weighted by Crippen LogP contribution is -2.05. The van der Waals surface area contributed by atoms with E-state index in [1.54, 1.807) is 11.3 Å². The fourth-order valence-corrected chi connectivity index (χ4v) is 5.52. The predicted molar refractivity (Wildman–Crippen MR) is 132 cm³/mol. The Morgan fingerprint density at radius 2 is 1.85 bits per heavy atom. The van der Waals surface area contributed by atoms with Crippen LogP contribution in [0, 0.1) is 13.8 Å². The summed E-state index contributed by atoms with van der Waals surface area (Å²) in [7, 11) is 0. The van der Waals surface area contributed by atoms with Crippen LogP contribution in [0.2, 0.25) is 0 Å². The van der Waals surface area contributed by atoms with Crippen molar-refractivity contribution in [3.05, 3.63) is 63.9 Å². The molecule has 33 heavy (non-hydrogen) atoms. The standard InChI is InChI=1S/C25H27N7S/c1-5-7-19-13-20(23(33-19)24-28-30-31-29-24)18-10-8-17(9-11-18)14-32-21(6-2)27-22-15(3)12-16(4)26-25(22)32/h8-13H,5-7,14H2,1-4H3,(H,28,29,30,31). The number of thiophene rings is 1. The molecule has 7 nitrogen and oxygen atoms in total. The van der Waals surface area contributed by atoms with E-state index < -0.39 is 0 Å². The third-order valence-electron chi connectivity index (χ3n) is 5.85. The number of benzene rings is 1. The molecule has 0 bridgehead atoms. The molecule has 0 atom stereocenters. The van der Waals surface area contributed by atoms with Crippen LogP contribution < -0.4 is 0 Å². The van der Waals surface area contributed by atoms with Crippen LogP contribution in [-0.2, 0) is 19.4 Å². The van der Waals surface area contributed by atoms with Gasteiger partial charge in [-0.25, -0.2) is 9.97 Å². The van der Waals surface area contributed by atoms with Crippen molar-refractivity contribution in [2.45, 2.75) is 53.5 Å². The van der Waals surface area contributed by atoms with Crippen LogP contribution in [0.15, 0.2) is 36.4 Å². The maximum absolute atomic E-state index is 4.87. The molecule has 1 N–H and O–H groups in total. The Kier molecular flexibility index (Phi) is 5.76. The number of aryl methyl sites for hydroxylation is 4. The Bertz CT molecular complexity index is 1400. The van der Waals surface area contributed by atoms with E-state index in [0.717, 1.165) is 64.5 Å². The van der Waals surface area contributed by atoms with Crippen LogP contribution in [-0.4, -0.2) is 35.2 Å². The van der Waals surface area contributed by atoms with Gasteiger partial charge in [-0.05, 0) is 54.3 Å². The Hall–Kier alpha value is -3.39. The topological polar surface area (TPSA) is 85.2 Å². The second-order valence-corrected chi connectivity index (χ2v) is 9.50. The van der Waals surface area contributed by atoms with E-state index in [9.17, 15) is 0 Å². The van der Waals surface area contributed by atoms with Crippen LogP contribution in [0.25, 0.3) is 33.0 Å². The molecule has 0 aliphatic rings. The van der Waals surface area contributed by atoms with Gasteiger partial charge < -0.3 is 4.57 Å². The highest BCUT2D eigenvalue weighted by atomic mass is 32.1. The van der Waals surface area contributed by atoms with E-state index in [1.165, 1.54) is 16.0 Å². The van der Waals surface area contributed by atoms with Gasteiger partial charge in [0.1, 0.15) is 11.3 Å². The van der Waals surface area contributed by atoms with Crippen molar-refractivity contribution in [3.63, 3.8) is 0 Å². The number of H-pyrrole nitrogens is 1. The van der Waals surface area contributed by atoms with E-state index in [2.05, 4.69) is 82.4 Å². The molecule has 4 heterocycles. The molecule has 4 aromatic heterocycles. The molecule has 5 rings (SSSR count). The van der Waals surface area contributed by atoms with Crippen LogP contribution in [0.5, 0.6) is 0 Å². The Balaban J connectivity index is 1.50. The van der Waals surface area contributed by atoms with Gasteiger partial charge in [0, 0.05) is 22.6 Å². The summed E-state index contributed by atoms with van der Waals surface area (Å²) in [5, 5.41) is 14.8. The zero-order valence-corrected chi connectivity index (χ0v) is 20.2. The number of rotatable bonds is 7. The molecule has 0 radical (unpaired) electrons. The van der Waals surface area contributed by atoms with E-state index in [4.69, 9.17) is 9.97 Å². The van der Waals surface area contributed by atoms with Gasteiger partial charge in [-0.1, -0.05) is 44.5 Å². The first-order valence-corrected chi connectivity index (χ1v) is 12.2. The minimum Gasteiger partial charge on any atom is -0.308 e. The van der Waals surface area contributed by atoms with Crippen molar-refractivity contribution in [2.24, 2.45) is 0 Å². The zero-order chi connectivity index (χ0) is 22.9. The van der Waals surface area contributed by atoms with E-state index >= 15 is 0 Å². The second kappa shape index (κ2) is 8.86. The zero-order valence-electron chi connectivity index (χ0n) is 19.4. The van der Waals surface area contributed by atoms with Crippen molar-refractivity contribution in [3.8, 4) is 21.8 Å². The molecule has 0 saturated heterocycles. The van der Waals surface area contributed by atoms with Gasteiger partial charge in [0.2, 0.25) is 5.82 Å². The minimum atomic E-state index is 0.649. The first-order valence-electron chi connectivity index (χ1n) is 11.4. The van der Waals surface area contributed by atoms with Crippen molar-refractivity contribution in [2.75, 3.05) is 0 Å². The highest BCUT2D eigenvalue weighted by Gasteiger charge is 2.17. The SMILES string of the molecule is CCCc1cc(-c2ccc(Cn3c(CC)nc4c(C)cc(C)nc43)cc2)c(-c2nn[nH]n2)s1. The Labute approximate surface area is 196 Å². The number of imidazole rings is 1. The molecule has 5 aromatic rings. The number of hydrogen-bond donors (Lipinski definition) is 1. The first kappa shape index (κ1) is 21.5. The number of aromatic amines is 1. The number of aromatic nitrogens is 7. The highest BCUT2D eigenvalue weighted by Crippen LogP contribution is 2.38. The number of hydrogen-bond acceptors (Lipinski definition) is 6. The lowest BCUT2D eigenvalue weighted by molar-refractivity contribution is 0.745. The molecule has 1 aromatic carbocycles. The maximum Gasteiger partial charge on any atom is 0.215 e. The van der Waals surface area contributed by atoms with Crippen LogP contribution in [0.1, 0.15) is 47.8 Å². The summed E-state index contributed by atoms with van der Waals surface area (Å²) < 4.78 is 2.25. The first-order chi connectivity index (χ1) is 16.1. The fraction of sp³-hybridized carbons (Fsp3) is 0.320. The van der Waals surface area contributed by atoms with Gasteiger partial charge in [0.15, 0.2) is 5.65 Å². The molecule has 0 spiro atoms. The average Bonchev–Trinajstić information content (AvgIpc) is 3.54. The summed E-state index contributed by atoms with van der Waals surface area (Å²) in [4.78, 5) is 12.1. The quantitative estimate of drug-likeness (QED) is 0.348.